The first kappa shape index (κ1) is 17.8. The number of thiazole rings is 1. The lowest BCUT2D eigenvalue weighted by Gasteiger charge is -2.25. The number of benzene rings is 1. The van der Waals surface area contributed by atoms with Crippen molar-refractivity contribution in [2.75, 3.05) is 31.6 Å². The monoisotopic (exact) mass is 383 g/mol. The number of ether oxygens (including phenoxy) is 1. The molecular formula is C19H21N5O2S. The Kier molecular flexibility index (Phi) is 5.57. The van der Waals surface area contributed by atoms with Gasteiger partial charge in [0.15, 0.2) is 5.13 Å². The summed E-state index contributed by atoms with van der Waals surface area (Å²) in [4.78, 5) is 19.3. The molecule has 2 aromatic heterocycles. The molecule has 1 aliphatic rings. The van der Waals surface area contributed by atoms with Crippen LogP contribution in [-0.2, 0) is 17.8 Å². The van der Waals surface area contributed by atoms with E-state index in [2.05, 4.69) is 20.3 Å². The van der Waals surface area contributed by atoms with Gasteiger partial charge in [-0.15, -0.1) is 11.3 Å². The molecule has 1 fully saturated rings. The van der Waals surface area contributed by atoms with Crippen LogP contribution in [-0.4, -0.2) is 51.9 Å². The number of carbonyl (C=O) groups is 1. The van der Waals surface area contributed by atoms with Gasteiger partial charge in [0.2, 0.25) is 0 Å². The van der Waals surface area contributed by atoms with Gasteiger partial charge in [0.05, 0.1) is 25.5 Å². The summed E-state index contributed by atoms with van der Waals surface area (Å²) in [6.07, 6.45) is 3.67. The van der Waals surface area contributed by atoms with Crippen LogP contribution in [0.5, 0.6) is 0 Å². The molecule has 8 heteroatoms. The van der Waals surface area contributed by atoms with Crippen LogP contribution in [0.1, 0.15) is 21.6 Å². The molecule has 3 heterocycles. The molecule has 0 unspecified atom stereocenters. The Labute approximate surface area is 161 Å². The van der Waals surface area contributed by atoms with Crippen LogP contribution >= 0.6 is 11.3 Å². The van der Waals surface area contributed by atoms with E-state index >= 15 is 0 Å². The number of aromatic nitrogens is 3. The fraction of sp³-hybridized carbons (Fsp3) is 0.316. The molecule has 3 aromatic rings. The smallest absolute Gasteiger partial charge is 0.257 e. The van der Waals surface area contributed by atoms with Gasteiger partial charge in [-0.1, -0.05) is 12.1 Å². The topological polar surface area (TPSA) is 72.3 Å². The number of hydrogen-bond donors (Lipinski definition) is 1. The van der Waals surface area contributed by atoms with E-state index in [0.29, 0.717) is 17.2 Å². The molecule has 0 spiro atoms. The average molecular weight is 383 g/mol. The van der Waals surface area contributed by atoms with Crippen molar-refractivity contribution in [3.05, 3.63) is 64.9 Å². The molecule has 0 aliphatic carbocycles. The Balaban J connectivity index is 1.33. The second-order valence-corrected chi connectivity index (χ2v) is 7.25. The van der Waals surface area contributed by atoms with E-state index in [4.69, 9.17) is 4.74 Å². The van der Waals surface area contributed by atoms with Gasteiger partial charge in [0.1, 0.15) is 0 Å². The SMILES string of the molecule is O=C(Nc1nc(CN2CCOCC2)cs1)c1ccc(Cn2cccn2)cc1. The highest BCUT2D eigenvalue weighted by Crippen LogP contribution is 2.18. The fourth-order valence-electron chi connectivity index (χ4n) is 2.94. The second-order valence-electron chi connectivity index (χ2n) is 6.39. The molecule has 7 nitrogen and oxygen atoms in total. The standard InChI is InChI=1S/C19H21N5O2S/c25-18(16-4-2-15(3-5-16)12-24-7-1-6-20-24)22-19-21-17(14-27-19)13-23-8-10-26-11-9-23/h1-7,14H,8-13H2,(H,21,22,25). The zero-order valence-corrected chi connectivity index (χ0v) is 15.7. The molecule has 0 atom stereocenters. The lowest BCUT2D eigenvalue weighted by atomic mass is 10.1. The van der Waals surface area contributed by atoms with Gasteiger partial charge >= 0.3 is 0 Å². The van der Waals surface area contributed by atoms with Crippen molar-refractivity contribution in [1.29, 1.82) is 0 Å². The minimum atomic E-state index is -0.145. The molecule has 0 saturated carbocycles. The Bertz CT molecular complexity index is 870. The zero-order chi connectivity index (χ0) is 18.5. The van der Waals surface area contributed by atoms with Crippen molar-refractivity contribution in [2.45, 2.75) is 13.1 Å². The number of hydrogen-bond acceptors (Lipinski definition) is 6. The van der Waals surface area contributed by atoms with Gasteiger partial charge in [0, 0.05) is 43.0 Å². The highest BCUT2D eigenvalue weighted by molar-refractivity contribution is 7.13. The molecule has 1 saturated heterocycles. The maximum absolute atomic E-state index is 12.5. The summed E-state index contributed by atoms with van der Waals surface area (Å²) in [5, 5.41) is 9.70. The van der Waals surface area contributed by atoms with Crippen LogP contribution in [0, 0.1) is 0 Å². The van der Waals surface area contributed by atoms with Crippen LogP contribution in [0.15, 0.2) is 48.1 Å². The molecule has 4 rings (SSSR count). The average Bonchev–Trinajstić information content (AvgIpc) is 3.35. The lowest BCUT2D eigenvalue weighted by molar-refractivity contribution is 0.0337. The highest BCUT2D eigenvalue weighted by atomic mass is 32.1. The van der Waals surface area contributed by atoms with Crippen molar-refractivity contribution < 1.29 is 9.53 Å². The second kappa shape index (κ2) is 8.43. The Hall–Kier alpha value is -2.55. The third-order valence-corrected chi connectivity index (χ3v) is 5.19. The largest absolute Gasteiger partial charge is 0.379 e. The summed E-state index contributed by atoms with van der Waals surface area (Å²) in [5.41, 5.74) is 2.69. The summed E-state index contributed by atoms with van der Waals surface area (Å²) < 4.78 is 7.21. The van der Waals surface area contributed by atoms with Crippen molar-refractivity contribution in [3.8, 4) is 0 Å². The summed E-state index contributed by atoms with van der Waals surface area (Å²) in [7, 11) is 0. The van der Waals surface area contributed by atoms with Crippen molar-refractivity contribution in [1.82, 2.24) is 19.7 Å². The maximum Gasteiger partial charge on any atom is 0.257 e. The minimum absolute atomic E-state index is 0.145. The molecular weight excluding hydrogens is 362 g/mol. The number of nitrogens with one attached hydrogen (secondary N) is 1. The third kappa shape index (κ3) is 4.79. The molecule has 1 N–H and O–H groups in total. The number of rotatable bonds is 6. The summed E-state index contributed by atoms with van der Waals surface area (Å²) in [6.45, 7) is 4.85. The molecule has 140 valence electrons. The van der Waals surface area contributed by atoms with Gasteiger partial charge in [-0.05, 0) is 23.8 Å². The fourth-order valence-corrected chi connectivity index (χ4v) is 3.63. The first-order valence-electron chi connectivity index (χ1n) is 8.88. The van der Waals surface area contributed by atoms with Crippen LogP contribution in [0.3, 0.4) is 0 Å². The summed E-state index contributed by atoms with van der Waals surface area (Å²) in [5.74, 6) is -0.145. The van der Waals surface area contributed by atoms with E-state index in [-0.39, 0.29) is 5.91 Å². The number of anilines is 1. The van der Waals surface area contributed by atoms with E-state index in [1.165, 1.54) is 11.3 Å². The van der Waals surface area contributed by atoms with Crippen LogP contribution in [0.4, 0.5) is 5.13 Å². The quantitative estimate of drug-likeness (QED) is 0.708. The third-order valence-electron chi connectivity index (χ3n) is 4.38. The first-order chi connectivity index (χ1) is 13.3. The van der Waals surface area contributed by atoms with Crippen LogP contribution < -0.4 is 5.32 Å². The van der Waals surface area contributed by atoms with E-state index in [1.807, 2.05) is 46.6 Å². The van der Waals surface area contributed by atoms with Crippen molar-refractivity contribution in [2.24, 2.45) is 0 Å². The number of carbonyl (C=O) groups excluding carboxylic acids is 1. The van der Waals surface area contributed by atoms with Gasteiger partial charge in [-0.3, -0.25) is 19.7 Å². The zero-order valence-electron chi connectivity index (χ0n) is 14.9. The molecule has 0 bridgehead atoms. The van der Waals surface area contributed by atoms with E-state index in [0.717, 1.165) is 44.1 Å². The van der Waals surface area contributed by atoms with Crippen molar-refractivity contribution in [3.63, 3.8) is 0 Å². The molecule has 1 aliphatic heterocycles. The first-order valence-corrected chi connectivity index (χ1v) is 9.76. The van der Waals surface area contributed by atoms with E-state index in [9.17, 15) is 4.79 Å². The van der Waals surface area contributed by atoms with Crippen molar-refractivity contribution >= 4 is 22.4 Å². The number of morpholine rings is 1. The Morgan fingerprint density at radius 3 is 2.74 bits per heavy atom. The van der Waals surface area contributed by atoms with E-state index < -0.39 is 0 Å². The van der Waals surface area contributed by atoms with E-state index in [1.54, 1.807) is 6.20 Å². The van der Waals surface area contributed by atoms with Gasteiger partial charge in [-0.25, -0.2) is 4.98 Å². The summed E-state index contributed by atoms with van der Waals surface area (Å²) >= 11 is 1.45. The lowest BCUT2D eigenvalue weighted by Crippen LogP contribution is -2.35. The predicted octanol–water partition coefficient (Wildman–Crippen LogP) is 2.47. The molecule has 0 radical (unpaired) electrons. The summed E-state index contributed by atoms with van der Waals surface area (Å²) in [6, 6.07) is 9.45. The molecule has 1 aromatic carbocycles. The maximum atomic E-state index is 12.5. The number of nitrogens with zero attached hydrogens (tertiary/aromatic N) is 4. The highest BCUT2D eigenvalue weighted by Gasteiger charge is 2.14. The Morgan fingerprint density at radius 1 is 1.19 bits per heavy atom. The van der Waals surface area contributed by atoms with Gasteiger partial charge < -0.3 is 4.74 Å². The van der Waals surface area contributed by atoms with Gasteiger partial charge in [0.25, 0.3) is 5.91 Å². The normalized spacial score (nSPS) is 15.0. The minimum Gasteiger partial charge on any atom is -0.379 e. The predicted molar refractivity (Wildman–Crippen MR) is 104 cm³/mol. The molecule has 1 amide bonds. The number of amides is 1. The van der Waals surface area contributed by atoms with Gasteiger partial charge in [-0.2, -0.15) is 5.10 Å². The van der Waals surface area contributed by atoms with Crippen LogP contribution in [0.2, 0.25) is 0 Å². The molecule has 27 heavy (non-hydrogen) atoms. The Morgan fingerprint density at radius 2 is 2.00 bits per heavy atom. The van der Waals surface area contributed by atoms with Crippen LogP contribution in [0.25, 0.3) is 0 Å².